The molecule has 0 spiro atoms. The van der Waals surface area contributed by atoms with Gasteiger partial charge in [0.2, 0.25) is 0 Å². The molecule has 2 nitrogen and oxygen atoms in total. The van der Waals surface area contributed by atoms with E-state index in [1.165, 1.54) is 12.1 Å². The Kier molecular flexibility index (Phi) is 4.37. The monoisotopic (exact) mass is 268 g/mol. The average molecular weight is 268 g/mol. The fourth-order valence-corrected chi connectivity index (χ4v) is 2.20. The highest BCUT2D eigenvalue weighted by Gasteiger charge is 2.17. The molecule has 0 aliphatic heterocycles. The SMILES string of the molecule is CC(C)C(Nc1ccc(F)cc1C#N)c1ccccc1. The van der Waals surface area contributed by atoms with Gasteiger partial charge in [-0.15, -0.1) is 0 Å². The molecule has 1 N–H and O–H groups in total. The molecule has 1 atom stereocenters. The molecule has 0 bridgehead atoms. The number of hydrogen-bond acceptors (Lipinski definition) is 2. The van der Waals surface area contributed by atoms with Crippen molar-refractivity contribution in [2.45, 2.75) is 19.9 Å². The predicted octanol–water partition coefficient (Wildman–Crippen LogP) is 4.51. The van der Waals surface area contributed by atoms with E-state index in [1.54, 1.807) is 6.07 Å². The van der Waals surface area contributed by atoms with E-state index >= 15 is 0 Å². The fourth-order valence-electron chi connectivity index (χ4n) is 2.20. The molecule has 0 saturated heterocycles. The van der Waals surface area contributed by atoms with Crippen molar-refractivity contribution in [3.05, 3.63) is 65.5 Å². The van der Waals surface area contributed by atoms with Gasteiger partial charge in [-0.2, -0.15) is 5.26 Å². The molecule has 0 amide bonds. The standard InChI is InChI=1S/C17H17FN2/c1-12(2)17(13-6-4-3-5-7-13)20-16-9-8-15(18)10-14(16)11-19/h3-10,12,17,20H,1-2H3. The number of anilines is 1. The first-order chi connectivity index (χ1) is 9.61. The van der Waals surface area contributed by atoms with Crippen LogP contribution < -0.4 is 5.32 Å². The number of nitrogens with zero attached hydrogens (tertiary/aromatic N) is 1. The maximum Gasteiger partial charge on any atom is 0.124 e. The summed E-state index contributed by atoms with van der Waals surface area (Å²) in [4.78, 5) is 0. The second-order valence-corrected chi connectivity index (χ2v) is 5.08. The lowest BCUT2D eigenvalue weighted by Gasteiger charge is -2.24. The Bertz CT molecular complexity index is 615. The van der Waals surface area contributed by atoms with Crippen LogP contribution in [0, 0.1) is 23.1 Å². The third-order valence-electron chi connectivity index (χ3n) is 3.24. The molecule has 0 heterocycles. The van der Waals surface area contributed by atoms with Crippen molar-refractivity contribution in [3.8, 4) is 6.07 Å². The van der Waals surface area contributed by atoms with Gasteiger partial charge in [-0.1, -0.05) is 44.2 Å². The number of rotatable bonds is 4. The predicted molar refractivity (Wildman–Crippen MR) is 78.8 cm³/mol. The van der Waals surface area contributed by atoms with Crippen LogP contribution in [0.15, 0.2) is 48.5 Å². The Morgan fingerprint density at radius 3 is 2.40 bits per heavy atom. The average Bonchev–Trinajstić information content (AvgIpc) is 2.46. The Hall–Kier alpha value is -2.34. The molecule has 0 aromatic heterocycles. The summed E-state index contributed by atoms with van der Waals surface area (Å²) in [7, 11) is 0. The second-order valence-electron chi connectivity index (χ2n) is 5.08. The van der Waals surface area contributed by atoms with Crippen molar-refractivity contribution in [1.82, 2.24) is 0 Å². The molecule has 102 valence electrons. The van der Waals surface area contributed by atoms with Crippen molar-refractivity contribution in [2.75, 3.05) is 5.32 Å². The summed E-state index contributed by atoms with van der Waals surface area (Å²) in [6.07, 6.45) is 0. The van der Waals surface area contributed by atoms with Gasteiger partial charge in [0.15, 0.2) is 0 Å². The first-order valence-electron chi connectivity index (χ1n) is 6.63. The van der Waals surface area contributed by atoms with Crippen molar-refractivity contribution in [2.24, 2.45) is 5.92 Å². The van der Waals surface area contributed by atoms with Crippen LogP contribution in [0.4, 0.5) is 10.1 Å². The maximum absolute atomic E-state index is 13.2. The summed E-state index contributed by atoms with van der Waals surface area (Å²) in [5.41, 5.74) is 2.14. The van der Waals surface area contributed by atoms with E-state index in [-0.39, 0.29) is 6.04 Å². The van der Waals surface area contributed by atoms with Crippen molar-refractivity contribution in [3.63, 3.8) is 0 Å². The molecule has 0 fully saturated rings. The van der Waals surface area contributed by atoms with Gasteiger partial charge in [0.05, 0.1) is 17.3 Å². The van der Waals surface area contributed by atoms with Crippen LogP contribution >= 0.6 is 0 Å². The topological polar surface area (TPSA) is 35.8 Å². The van der Waals surface area contributed by atoms with E-state index in [4.69, 9.17) is 5.26 Å². The van der Waals surface area contributed by atoms with Crippen LogP contribution in [0.1, 0.15) is 31.0 Å². The van der Waals surface area contributed by atoms with Gasteiger partial charge in [0, 0.05) is 0 Å². The smallest absolute Gasteiger partial charge is 0.124 e. The van der Waals surface area contributed by atoms with E-state index in [0.29, 0.717) is 17.2 Å². The van der Waals surface area contributed by atoms with Gasteiger partial charge in [-0.25, -0.2) is 4.39 Å². The third-order valence-corrected chi connectivity index (χ3v) is 3.24. The minimum Gasteiger partial charge on any atom is -0.377 e. The van der Waals surface area contributed by atoms with Crippen molar-refractivity contribution >= 4 is 5.69 Å². The van der Waals surface area contributed by atoms with E-state index in [0.717, 1.165) is 5.56 Å². The minimum absolute atomic E-state index is 0.0776. The molecule has 2 rings (SSSR count). The lowest BCUT2D eigenvalue weighted by molar-refractivity contribution is 0.546. The summed E-state index contributed by atoms with van der Waals surface area (Å²) < 4.78 is 13.2. The van der Waals surface area contributed by atoms with E-state index in [9.17, 15) is 4.39 Å². The maximum atomic E-state index is 13.2. The Balaban J connectivity index is 2.33. The number of nitriles is 1. The second kappa shape index (κ2) is 6.21. The number of benzene rings is 2. The molecule has 1 unspecified atom stereocenters. The number of nitrogens with one attached hydrogen (secondary N) is 1. The summed E-state index contributed by atoms with van der Waals surface area (Å²) in [5, 5.41) is 12.5. The van der Waals surface area contributed by atoms with E-state index < -0.39 is 5.82 Å². The molecule has 0 aliphatic rings. The van der Waals surface area contributed by atoms with Crippen molar-refractivity contribution < 1.29 is 4.39 Å². The lowest BCUT2D eigenvalue weighted by atomic mass is 9.95. The van der Waals surface area contributed by atoms with Gasteiger partial charge < -0.3 is 5.32 Å². The van der Waals surface area contributed by atoms with Gasteiger partial charge >= 0.3 is 0 Å². The van der Waals surface area contributed by atoms with Gasteiger partial charge in [-0.3, -0.25) is 0 Å². The van der Waals surface area contributed by atoms with Crippen LogP contribution in [0.2, 0.25) is 0 Å². The van der Waals surface area contributed by atoms with Crippen LogP contribution in [-0.2, 0) is 0 Å². The Morgan fingerprint density at radius 2 is 1.80 bits per heavy atom. The quantitative estimate of drug-likeness (QED) is 0.885. The zero-order chi connectivity index (χ0) is 14.5. The summed E-state index contributed by atoms with van der Waals surface area (Å²) in [6, 6.07) is 16.4. The molecule has 0 radical (unpaired) electrons. The molecule has 2 aromatic carbocycles. The largest absolute Gasteiger partial charge is 0.377 e. The molecular formula is C17H17FN2. The zero-order valence-electron chi connectivity index (χ0n) is 11.6. The minimum atomic E-state index is -0.395. The zero-order valence-corrected chi connectivity index (χ0v) is 11.6. The first-order valence-corrected chi connectivity index (χ1v) is 6.63. The van der Waals surface area contributed by atoms with E-state index in [2.05, 4.69) is 19.2 Å². The fraction of sp³-hybridized carbons (Fsp3) is 0.235. The summed E-state index contributed by atoms with van der Waals surface area (Å²) >= 11 is 0. The van der Waals surface area contributed by atoms with Crippen molar-refractivity contribution in [1.29, 1.82) is 5.26 Å². The summed E-state index contributed by atoms with van der Waals surface area (Å²) in [5.74, 6) is -0.0538. The molecule has 0 saturated carbocycles. The molecule has 3 heteroatoms. The number of hydrogen-bond donors (Lipinski definition) is 1. The van der Waals surface area contributed by atoms with Crippen LogP contribution in [0.5, 0.6) is 0 Å². The van der Waals surface area contributed by atoms with Gasteiger partial charge in [0.1, 0.15) is 11.9 Å². The van der Waals surface area contributed by atoms with Gasteiger partial charge in [0.25, 0.3) is 0 Å². The van der Waals surface area contributed by atoms with Gasteiger partial charge in [-0.05, 0) is 29.7 Å². The summed E-state index contributed by atoms with van der Waals surface area (Å²) in [6.45, 7) is 4.22. The molecule has 2 aromatic rings. The van der Waals surface area contributed by atoms with Crippen LogP contribution in [0.3, 0.4) is 0 Å². The highest BCUT2D eigenvalue weighted by molar-refractivity contribution is 5.58. The highest BCUT2D eigenvalue weighted by atomic mass is 19.1. The highest BCUT2D eigenvalue weighted by Crippen LogP contribution is 2.28. The van der Waals surface area contributed by atoms with Crippen LogP contribution in [-0.4, -0.2) is 0 Å². The third kappa shape index (κ3) is 3.16. The van der Waals surface area contributed by atoms with Crippen LogP contribution in [0.25, 0.3) is 0 Å². The Labute approximate surface area is 118 Å². The number of halogens is 1. The lowest BCUT2D eigenvalue weighted by Crippen LogP contribution is -2.17. The molecular weight excluding hydrogens is 251 g/mol. The molecule has 20 heavy (non-hydrogen) atoms. The molecule has 0 aliphatic carbocycles. The van der Waals surface area contributed by atoms with E-state index in [1.807, 2.05) is 36.4 Å². The first kappa shape index (κ1) is 14.1. The Morgan fingerprint density at radius 1 is 1.10 bits per heavy atom. The normalized spacial score (nSPS) is 11.9.